The molecule has 0 spiro atoms. The summed E-state index contributed by atoms with van der Waals surface area (Å²) in [7, 11) is 0. The largest absolute Gasteiger partial charge is 0.295 e. The van der Waals surface area contributed by atoms with Crippen molar-refractivity contribution >= 4 is 17.2 Å². The second-order valence-electron chi connectivity index (χ2n) is 3.81. The van der Waals surface area contributed by atoms with Crippen molar-refractivity contribution in [2.75, 3.05) is 18.2 Å². The second-order valence-corrected chi connectivity index (χ2v) is 3.81. The summed E-state index contributed by atoms with van der Waals surface area (Å²) in [6.07, 6.45) is 0.839. The first-order valence-corrected chi connectivity index (χ1v) is 5.29. The van der Waals surface area contributed by atoms with Gasteiger partial charge in [-0.2, -0.15) is 0 Å². The minimum Gasteiger partial charge on any atom is -0.295 e. The van der Waals surface area contributed by atoms with Crippen LogP contribution in [-0.2, 0) is 4.84 Å². The predicted octanol–water partition coefficient (Wildman–Crippen LogP) is 1.94. The topological polar surface area (TPSA) is 72.7 Å². The number of benzene rings is 1. The van der Waals surface area contributed by atoms with Gasteiger partial charge in [-0.15, -0.1) is 0 Å². The second kappa shape index (κ2) is 4.50. The number of hydrogen-bond donors (Lipinski definition) is 0. The maximum Gasteiger partial charge on any atom is 0.295 e. The third-order valence-electron chi connectivity index (χ3n) is 2.60. The van der Waals surface area contributed by atoms with Gasteiger partial charge >= 0.3 is 0 Å². The molecule has 17 heavy (non-hydrogen) atoms. The summed E-state index contributed by atoms with van der Waals surface area (Å²) in [5.74, 6) is -0.193. The lowest BCUT2D eigenvalue weighted by Gasteiger charge is -2.16. The normalized spacial score (nSPS) is 15.0. The van der Waals surface area contributed by atoms with E-state index in [1.807, 2.05) is 0 Å². The molecule has 1 saturated heterocycles. The summed E-state index contributed by atoms with van der Waals surface area (Å²) in [4.78, 5) is 26.9. The number of nitro benzene ring substituents is 1. The van der Waals surface area contributed by atoms with Crippen LogP contribution in [0.5, 0.6) is 0 Å². The minimum absolute atomic E-state index is 0.0976. The molecule has 1 aliphatic heterocycles. The van der Waals surface area contributed by atoms with Gasteiger partial charge < -0.3 is 0 Å². The summed E-state index contributed by atoms with van der Waals surface area (Å²) >= 11 is 0. The van der Waals surface area contributed by atoms with Crippen LogP contribution in [0.15, 0.2) is 18.2 Å². The molecule has 0 aliphatic carbocycles. The molecule has 6 nitrogen and oxygen atoms in total. The van der Waals surface area contributed by atoms with Crippen molar-refractivity contribution in [3.63, 3.8) is 0 Å². The third-order valence-corrected chi connectivity index (χ3v) is 2.60. The zero-order chi connectivity index (χ0) is 12.4. The fourth-order valence-corrected chi connectivity index (χ4v) is 1.74. The van der Waals surface area contributed by atoms with Gasteiger partial charge in [0.25, 0.3) is 5.69 Å². The molecule has 6 heteroatoms. The van der Waals surface area contributed by atoms with Gasteiger partial charge in [0.1, 0.15) is 5.69 Å². The lowest BCUT2D eigenvalue weighted by atomic mass is 10.1. The van der Waals surface area contributed by atoms with Gasteiger partial charge in [-0.3, -0.25) is 19.7 Å². The Morgan fingerprint density at radius 1 is 1.53 bits per heavy atom. The van der Waals surface area contributed by atoms with Crippen LogP contribution in [-0.4, -0.2) is 23.9 Å². The highest BCUT2D eigenvalue weighted by Crippen LogP contribution is 2.31. The van der Waals surface area contributed by atoms with Crippen LogP contribution in [0.4, 0.5) is 11.4 Å². The van der Waals surface area contributed by atoms with Crippen molar-refractivity contribution in [3.05, 3.63) is 33.9 Å². The van der Waals surface area contributed by atoms with E-state index in [2.05, 4.69) is 0 Å². The van der Waals surface area contributed by atoms with Gasteiger partial charge in [0.05, 0.1) is 11.5 Å². The van der Waals surface area contributed by atoms with E-state index in [1.54, 1.807) is 12.1 Å². The lowest BCUT2D eigenvalue weighted by Crippen LogP contribution is -2.17. The Labute approximate surface area is 97.9 Å². The number of rotatable bonds is 3. The summed E-state index contributed by atoms with van der Waals surface area (Å²) in [6.45, 7) is 2.57. The van der Waals surface area contributed by atoms with Gasteiger partial charge in [-0.25, -0.2) is 5.06 Å². The van der Waals surface area contributed by atoms with Crippen LogP contribution in [0.3, 0.4) is 0 Å². The summed E-state index contributed by atoms with van der Waals surface area (Å²) in [5, 5.41) is 12.5. The molecule has 0 atom stereocenters. The highest BCUT2D eigenvalue weighted by atomic mass is 16.7. The van der Waals surface area contributed by atoms with E-state index in [-0.39, 0.29) is 11.5 Å². The smallest absolute Gasteiger partial charge is 0.295 e. The summed E-state index contributed by atoms with van der Waals surface area (Å²) in [6, 6.07) is 4.42. The first-order valence-electron chi connectivity index (χ1n) is 5.29. The Morgan fingerprint density at radius 2 is 2.29 bits per heavy atom. The van der Waals surface area contributed by atoms with Crippen molar-refractivity contribution < 1.29 is 14.6 Å². The molecule has 0 N–H and O–H groups in total. The van der Waals surface area contributed by atoms with Gasteiger partial charge in [-0.1, -0.05) is 0 Å². The molecule has 1 aliphatic rings. The average molecular weight is 236 g/mol. The Kier molecular flexibility index (Phi) is 3.06. The van der Waals surface area contributed by atoms with Crippen LogP contribution in [0.25, 0.3) is 0 Å². The van der Waals surface area contributed by atoms with Gasteiger partial charge in [0.2, 0.25) is 0 Å². The number of ketones is 1. The third kappa shape index (κ3) is 2.26. The highest BCUT2D eigenvalue weighted by molar-refractivity contribution is 5.95. The van der Waals surface area contributed by atoms with Crippen molar-refractivity contribution in [2.24, 2.45) is 0 Å². The molecule has 1 aromatic carbocycles. The first kappa shape index (κ1) is 11.5. The zero-order valence-electron chi connectivity index (χ0n) is 9.38. The van der Waals surface area contributed by atoms with E-state index >= 15 is 0 Å². The summed E-state index contributed by atoms with van der Waals surface area (Å²) in [5.41, 5.74) is 0.636. The monoisotopic (exact) mass is 236 g/mol. The van der Waals surface area contributed by atoms with Crippen LogP contribution in [0.1, 0.15) is 23.7 Å². The van der Waals surface area contributed by atoms with Crippen molar-refractivity contribution in [1.29, 1.82) is 0 Å². The molecule has 1 heterocycles. The lowest BCUT2D eigenvalue weighted by molar-refractivity contribution is -0.384. The Hall–Kier alpha value is -1.95. The summed E-state index contributed by atoms with van der Waals surface area (Å²) < 4.78 is 0. The van der Waals surface area contributed by atoms with Gasteiger partial charge in [-0.05, 0) is 25.5 Å². The Balaban J connectivity index is 2.44. The van der Waals surface area contributed by atoms with E-state index in [1.165, 1.54) is 18.1 Å². The molecule has 0 radical (unpaired) electrons. The molecule has 0 unspecified atom stereocenters. The minimum atomic E-state index is -0.497. The van der Waals surface area contributed by atoms with E-state index in [4.69, 9.17) is 4.84 Å². The standard InChI is InChI=1S/C11H12N2O4/c1-8(14)9-3-4-10(11(7-9)13(15)16)12-5-2-6-17-12/h3-4,7H,2,5-6H2,1H3. The number of carbonyl (C=O) groups is 1. The van der Waals surface area contributed by atoms with Crippen molar-refractivity contribution in [1.82, 2.24) is 0 Å². The number of carbonyl (C=O) groups excluding carboxylic acids is 1. The van der Waals surface area contributed by atoms with Crippen LogP contribution in [0.2, 0.25) is 0 Å². The fraction of sp³-hybridized carbons (Fsp3) is 0.364. The van der Waals surface area contributed by atoms with Gasteiger partial charge in [0, 0.05) is 18.2 Å². The maximum atomic E-state index is 11.2. The molecule has 90 valence electrons. The van der Waals surface area contributed by atoms with Crippen LogP contribution < -0.4 is 5.06 Å². The van der Waals surface area contributed by atoms with Crippen LogP contribution in [0, 0.1) is 10.1 Å². The highest BCUT2D eigenvalue weighted by Gasteiger charge is 2.24. The molecule has 0 saturated carbocycles. The molecular weight excluding hydrogens is 224 g/mol. The van der Waals surface area contributed by atoms with E-state index in [9.17, 15) is 14.9 Å². The quantitative estimate of drug-likeness (QED) is 0.455. The molecule has 0 bridgehead atoms. The van der Waals surface area contributed by atoms with E-state index < -0.39 is 4.92 Å². The molecule has 2 rings (SSSR count). The number of nitro groups is 1. The fourth-order valence-electron chi connectivity index (χ4n) is 1.74. The SMILES string of the molecule is CC(=O)c1ccc(N2CCCO2)c([N+](=O)[O-])c1. The Bertz CT molecular complexity index is 467. The molecule has 1 fully saturated rings. The number of hydrogen-bond acceptors (Lipinski definition) is 5. The number of nitrogens with zero attached hydrogens (tertiary/aromatic N) is 2. The zero-order valence-corrected chi connectivity index (χ0v) is 9.38. The molecule has 0 amide bonds. The van der Waals surface area contributed by atoms with E-state index in [0.717, 1.165) is 6.42 Å². The average Bonchev–Trinajstić information content (AvgIpc) is 2.81. The molecular formula is C11H12N2O4. The number of anilines is 1. The Morgan fingerprint density at radius 3 is 2.82 bits per heavy atom. The first-order chi connectivity index (χ1) is 8.09. The molecule has 1 aromatic rings. The maximum absolute atomic E-state index is 11.2. The van der Waals surface area contributed by atoms with Gasteiger partial charge in [0.15, 0.2) is 5.78 Å². The van der Waals surface area contributed by atoms with Crippen molar-refractivity contribution in [3.8, 4) is 0 Å². The number of hydroxylamine groups is 1. The van der Waals surface area contributed by atoms with Crippen molar-refractivity contribution in [2.45, 2.75) is 13.3 Å². The number of Topliss-reactive ketones (excluding diaryl/α,β-unsaturated/α-hetero) is 1. The van der Waals surface area contributed by atoms with E-state index in [0.29, 0.717) is 24.4 Å². The molecule has 0 aromatic heterocycles. The predicted molar refractivity (Wildman–Crippen MR) is 61.0 cm³/mol. The van der Waals surface area contributed by atoms with Crippen LogP contribution >= 0.6 is 0 Å².